The van der Waals surface area contributed by atoms with Crippen molar-refractivity contribution in [3.63, 3.8) is 0 Å². The number of aromatic amines is 1. The Morgan fingerprint density at radius 1 is 1.37 bits per heavy atom. The van der Waals surface area contributed by atoms with Crippen LogP contribution in [0.3, 0.4) is 0 Å². The summed E-state index contributed by atoms with van der Waals surface area (Å²) in [6, 6.07) is 3.15. The van der Waals surface area contributed by atoms with Crippen molar-refractivity contribution >= 4 is 17.4 Å². The molecule has 1 unspecified atom stereocenters. The van der Waals surface area contributed by atoms with E-state index in [4.69, 9.17) is 0 Å². The van der Waals surface area contributed by atoms with E-state index in [1.165, 1.54) is 10.6 Å². The second kappa shape index (κ2) is 6.78. The van der Waals surface area contributed by atoms with Crippen LogP contribution in [0.1, 0.15) is 25.7 Å². The molecule has 1 aliphatic rings. The summed E-state index contributed by atoms with van der Waals surface area (Å²) in [6.07, 6.45) is 5.14. The van der Waals surface area contributed by atoms with Crippen LogP contribution in [0.4, 0.5) is 10.2 Å². The second-order valence-corrected chi connectivity index (χ2v) is 6.61. The molecule has 9 nitrogen and oxygen atoms in total. The van der Waals surface area contributed by atoms with Gasteiger partial charge in [-0.3, -0.25) is 4.79 Å². The standard InChI is InChI=1S/C17H17FN6O3/c18-12-7-19-14(10-4-5-13-22-23-17(27)24(13)8-10)21-15(12)20-11-3-1-2-9(6-11)16(25)26/h4-5,7-9,11H,1-3,6H2,(H,23,27)(H,25,26)(H,19,20,21)/t9-,11?/m1/s1. The fraction of sp³-hybridized carbons (Fsp3) is 0.353. The van der Waals surface area contributed by atoms with E-state index in [2.05, 4.69) is 25.5 Å². The molecule has 0 radical (unpaired) electrons. The van der Waals surface area contributed by atoms with Gasteiger partial charge < -0.3 is 10.4 Å². The zero-order valence-electron chi connectivity index (χ0n) is 14.2. The maximum atomic E-state index is 14.2. The number of nitrogens with one attached hydrogen (secondary N) is 2. The zero-order chi connectivity index (χ0) is 19.0. The Bertz CT molecular complexity index is 1060. The lowest BCUT2D eigenvalue weighted by Crippen LogP contribution is -2.31. The van der Waals surface area contributed by atoms with E-state index >= 15 is 0 Å². The molecule has 1 aliphatic carbocycles. The van der Waals surface area contributed by atoms with Crippen molar-refractivity contribution in [1.29, 1.82) is 0 Å². The third-order valence-corrected chi connectivity index (χ3v) is 4.78. The van der Waals surface area contributed by atoms with Crippen molar-refractivity contribution in [1.82, 2.24) is 24.6 Å². The Hall–Kier alpha value is -3.30. The molecule has 0 bridgehead atoms. The molecule has 0 aromatic carbocycles. The number of aromatic nitrogens is 5. The van der Waals surface area contributed by atoms with Crippen LogP contribution in [-0.4, -0.2) is 41.7 Å². The van der Waals surface area contributed by atoms with E-state index in [-0.39, 0.29) is 17.7 Å². The van der Waals surface area contributed by atoms with Crippen LogP contribution >= 0.6 is 0 Å². The van der Waals surface area contributed by atoms with Crippen LogP contribution in [0.5, 0.6) is 0 Å². The van der Waals surface area contributed by atoms with Gasteiger partial charge in [-0.25, -0.2) is 28.7 Å². The van der Waals surface area contributed by atoms with Crippen molar-refractivity contribution in [2.75, 3.05) is 5.32 Å². The molecular weight excluding hydrogens is 355 g/mol. The Balaban J connectivity index is 1.61. The first kappa shape index (κ1) is 17.1. The molecule has 3 heterocycles. The largest absolute Gasteiger partial charge is 0.481 e. The molecule has 3 aromatic rings. The zero-order valence-corrected chi connectivity index (χ0v) is 14.2. The molecular formula is C17H17FN6O3. The van der Waals surface area contributed by atoms with Crippen LogP contribution in [-0.2, 0) is 4.79 Å². The van der Waals surface area contributed by atoms with E-state index in [1.807, 2.05) is 0 Å². The maximum Gasteiger partial charge on any atom is 0.347 e. The molecule has 1 saturated carbocycles. The highest BCUT2D eigenvalue weighted by atomic mass is 19.1. The molecule has 10 heteroatoms. The Kier molecular flexibility index (Phi) is 4.30. The number of pyridine rings is 1. The molecule has 3 N–H and O–H groups in total. The molecule has 3 aromatic heterocycles. The average molecular weight is 372 g/mol. The first-order valence-electron chi connectivity index (χ1n) is 8.60. The van der Waals surface area contributed by atoms with Gasteiger partial charge in [-0.1, -0.05) is 6.42 Å². The van der Waals surface area contributed by atoms with Gasteiger partial charge in [-0.2, -0.15) is 5.10 Å². The lowest BCUT2D eigenvalue weighted by atomic mass is 9.86. The van der Waals surface area contributed by atoms with Gasteiger partial charge in [-0.05, 0) is 31.4 Å². The van der Waals surface area contributed by atoms with Crippen LogP contribution in [0, 0.1) is 11.7 Å². The average Bonchev–Trinajstić information content (AvgIpc) is 3.04. The summed E-state index contributed by atoms with van der Waals surface area (Å²) in [5.74, 6) is -1.60. The molecule has 0 spiro atoms. The van der Waals surface area contributed by atoms with Gasteiger partial charge in [0.1, 0.15) is 0 Å². The predicted octanol–water partition coefficient (Wildman–Crippen LogP) is 1.67. The quantitative estimate of drug-likeness (QED) is 0.636. The van der Waals surface area contributed by atoms with Crippen molar-refractivity contribution in [2.24, 2.45) is 5.92 Å². The number of carboxylic acid groups (broad SMARTS) is 1. The summed E-state index contributed by atoms with van der Waals surface area (Å²) in [5, 5.41) is 18.4. The number of hydrogen-bond donors (Lipinski definition) is 3. The van der Waals surface area contributed by atoms with Gasteiger partial charge in [0, 0.05) is 17.8 Å². The van der Waals surface area contributed by atoms with Gasteiger partial charge in [0.15, 0.2) is 23.1 Å². The summed E-state index contributed by atoms with van der Waals surface area (Å²) in [7, 11) is 0. The number of anilines is 1. The highest BCUT2D eigenvalue weighted by molar-refractivity contribution is 5.70. The summed E-state index contributed by atoms with van der Waals surface area (Å²) in [6.45, 7) is 0. The first-order valence-corrected chi connectivity index (χ1v) is 8.60. The molecule has 0 saturated heterocycles. The van der Waals surface area contributed by atoms with Gasteiger partial charge in [-0.15, -0.1) is 0 Å². The Morgan fingerprint density at radius 3 is 3.04 bits per heavy atom. The lowest BCUT2D eigenvalue weighted by Gasteiger charge is -2.27. The first-order chi connectivity index (χ1) is 13.0. The number of halogens is 1. The Labute approximate surface area is 152 Å². The van der Waals surface area contributed by atoms with Crippen LogP contribution in [0.2, 0.25) is 0 Å². The minimum Gasteiger partial charge on any atom is -0.481 e. The van der Waals surface area contributed by atoms with Crippen molar-refractivity contribution in [2.45, 2.75) is 31.7 Å². The van der Waals surface area contributed by atoms with Crippen LogP contribution in [0.15, 0.2) is 29.3 Å². The van der Waals surface area contributed by atoms with Crippen molar-refractivity contribution in [3.05, 3.63) is 40.8 Å². The minimum atomic E-state index is -0.829. The highest BCUT2D eigenvalue weighted by Gasteiger charge is 2.27. The van der Waals surface area contributed by atoms with E-state index in [1.54, 1.807) is 12.1 Å². The number of fused-ring (bicyclic) bond motifs is 1. The fourth-order valence-corrected chi connectivity index (χ4v) is 3.38. The predicted molar refractivity (Wildman–Crippen MR) is 93.8 cm³/mol. The Morgan fingerprint density at radius 2 is 2.22 bits per heavy atom. The number of H-pyrrole nitrogens is 1. The number of nitrogens with zero attached hydrogens (tertiary/aromatic N) is 4. The molecule has 2 atom stereocenters. The summed E-state index contributed by atoms with van der Waals surface area (Å²) >= 11 is 0. The highest BCUT2D eigenvalue weighted by Crippen LogP contribution is 2.28. The van der Waals surface area contributed by atoms with Crippen LogP contribution in [0.25, 0.3) is 17.0 Å². The fourth-order valence-electron chi connectivity index (χ4n) is 3.38. The SMILES string of the molecule is O=C(O)[C@@H]1CCCC(Nc2nc(-c3ccc4n[nH]c(=O)n4c3)ncc2F)C1. The van der Waals surface area contributed by atoms with Crippen molar-refractivity contribution in [3.8, 4) is 11.4 Å². The number of carbonyl (C=O) groups is 1. The van der Waals surface area contributed by atoms with Gasteiger partial charge in [0.05, 0.1) is 12.1 Å². The van der Waals surface area contributed by atoms with Gasteiger partial charge in [0.25, 0.3) is 0 Å². The molecule has 0 aliphatic heterocycles. The maximum absolute atomic E-state index is 14.2. The van der Waals surface area contributed by atoms with E-state index in [0.717, 1.165) is 19.0 Å². The molecule has 140 valence electrons. The third kappa shape index (κ3) is 3.37. The van der Waals surface area contributed by atoms with Gasteiger partial charge >= 0.3 is 11.7 Å². The number of rotatable bonds is 4. The van der Waals surface area contributed by atoms with E-state index < -0.39 is 23.4 Å². The summed E-state index contributed by atoms with van der Waals surface area (Å²) < 4.78 is 15.5. The topological polar surface area (TPSA) is 125 Å². The van der Waals surface area contributed by atoms with Gasteiger partial charge in [0.2, 0.25) is 0 Å². The summed E-state index contributed by atoms with van der Waals surface area (Å²) in [5.41, 5.74) is 0.585. The smallest absolute Gasteiger partial charge is 0.347 e. The van der Waals surface area contributed by atoms with Crippen molar-refractivity contribution < 1.29 is 14.3 Å². The second-order valence-electron chi connectivity index (χ2n) is 6.61. The molecule has 1 fully saturated rings. The normalized spacial score (nSPS) is 19.9. The summed E-state index contributed by atoms with van der Waals surface area (Å²) in [4.78, 5) is 31.2. The molecule has 0 amide bonds. The van der Waals surface area contributed by atoms with E-state index in [0.29, 0.717) is 24.1 Å². The monoisotopic (exact) mass is 372 g/mol. The van der Waals surface area contributed by atoms with Crippen LogP contribution < -0.4 is 11.0 Å². The van der Waals surface area contributed by atoms with E-state index in [9.17, 15) is 19.1 Å². The number of carboxylic acids is 1. The lowest BCUT2D eigenvalue weighted by molar-refractivity contribution is -0.142. The number of hydrogen-bond acceptors (Lipinski definition) is 6. The number of aliphatic carboxylic acids is 1. The molecule has 27 heavy (non-hydrogen) atoms. The third-order valence-electron chi connectivity index (χ3n) is 4.78. The minimum absolute atomic E-state index is 0.0238. The molecule has 4 rings (SSSR count).